The van der Waals surface area contributed by atoms with Gasteiger partial charge in [-0.15, -0.1) is 0 Å². The molecule has 0 aromatic heterocycles. The second kappa shape index (κ2) is 8.13. The van der Waals surface area contributed by atoms with E-state index < -0.39 is 6.10 Å². The van der Waals surface area contributed by atoms with Crippen LogP contribution in [0.25, 0.3) is 0 Å². The molecule has 0 bridgehead atoms. The highest BCUT2D eigenvalue weighted by molar-refractivity contribution is 5.47. The summed E-state index contributed by atoms with van der Waals surface area (Å²) >= 11 is 0. The first-order valence-corrected chi connectivity index (χ1v) is 8.41. The quantitative estimate of drug-likeness (QED) is 0.828. The fraction of sp³-hybridized carbons (Fsp3) is 0.368. The molecule has 128 valence electrons. The molecule has 1 saturated heterocycles. The van der Waals surface area contributed by atoms with Gasteiger partial charge in [-0.25, -0.2) is 4.39 Å². The lowest BCUT2D eigenvalue weighted by atomic mass is 10.2. The van der Waals surface area contributed by atoms with Crippen LogP contribution < -0.4 is 14.5 Å². The van der Waals surface area contributed by atoms with Gasteiger partial charge in [0.25, 0.3) is 0 Å². The van der Waals surface area contributed by atoms with Gasteiger partial charge in [0.15, 0.2) is 0 Å². The molecule has 1 aliphatic rings. The number of anilines is 1. The largest absolute Gasteiger partial charge is 0.491 e. The monoisotopic (exact) mass is 331 g/mol. The second-order valence-electron chi connectivity index (χ2n) is 6.17. The van der Waals surface area contributed by atoms with E-state index in [1.54, 1.807) is 6.07 Å². The summed E-state index contributed by atoms with van der Waals surface area (Å²) in [5, 5.41) is 10.2. The van der Waals surface area contributed by atoms with E-state index in [4.69, 9.17) is 4.74 Å². The molecule has 1 atom stereocenters. The molecule has 1 heterocycles. The van der Waals surface area contributed by atoms with Crippen molar-refractivity contribution < 1.29 is 19.1 Å². The molecular formula is C19H24FN2O2+. The molecule has 4 nitrogen and oxygen atoms in total. The summed E-state index contributed by atoms with van der Waals surface area (Å²) in [5.74, 6) is 0.605. The molecule has 1 aliphatic heterocycles. The van der Waals surface area contributed by atoms with Crippen molar-refractivity contribution >= 4 is 5.69 Å². The summed E-state index contributed by atoms with van der Waals surface area (Å²) < 4.78 is 19.4. The van der Waals surface area contributed by atoms with Gasteiger partial charge >= 0.3 is 0 Å². The van der Waals surface area contributed by atoms with Crippen molar-refractivity contribution in [2.45, 2.75) is 6.10 Å². The number of hydrogen-bond acceptors (Lipinski definition) is 3. The Balaban J connectivity index is 1.43. The Morgan fingerprint density at radius 3 is 2.42 bits per heavy atom. The Morgan fingerprint density at radius 2 is 1.71 bits per heavy atom. The van der Waals surface area contributed by atoms with E-state index in [1.807, 2.05) is 42.5 Å². The van der Waals surface area contributed by atoms with Crippen LogP contribution >= 0.6 is 0 Å². The van der Waals surface area contributed by atoms with Gasteiger partial charge in [0.1, 0.15) is 30.8 Å². The Kier molecular flexibility index (Phi) is 5.67. The average molecular weight is 331 g/mol. The van der Waals surface area contributed by atoms with Crippen LogP contribution in [0.15, 0.2) is 54.6 Å². The first kappa shape index (κ1) is 16.7. The van der Waals surface area contributed by atoms with Gasteiger partial charge in [-0.2, -0.15) is 0 Å². The van der Waals surface area contributed by atoms with Crippen LogP contribution in [0.5, 0.6) is 5.75 Å². The normalized spacial score (nSPS) is 16.8. The maximum absolute atomic E-state index is 13.8. The number of aliphatic hydroxyl groups excluding tert-OH is 1. The van der Waals surface area contributed by atoms with Crippen LogP contribution in [0.4, 0.5) is 10.1 Å². The van der Waals surface area contributed by atoms with Crippen molar-refractivity contribution in [3.8, 4) is 5.75 Å². The van der Waals surface area contributed by atoms with Crippen molar-refractivity contribution in [1.29, 1.82) is 0 Å². The van der Waals surface area contributed by atoms with Crippen molar-refractivity contribution in [1.82, 2.24) is 0 Å². The third kappa shape index (κ3) is 4.46. The summed E-state index contributed by atoms with van der Waals surface area (Å²) in [4.78, 5) is 3.40. The van der Waals surface area contributed by atoms with Crippen LogP contribution in [-0.4, -0.2) is 50.5 Å². The van der Waals surface area contributed by atoms with Gasteiger partial charge in [-0.1, -0.05) is 30.3 Å². The molecule has 24 heavy (non-hydrogen) atoms. The van der Waals surface area contributed by atoms with E-state index in [2.05, 4.69) is 4.90 Å². The van der Waals surface area contributed by atoms with E-state index in [-0.39, 0.29) is 5.82 Å². The first-order chi connectivity index (χ1) is 11.7. The van der Waals surface area contributed by atoms with Crippen LogP contribution in [-0.2, 0) is 0 Å². The van der Waals surface area contributed by atoms with E-state index in [0.717, 1.165) is 31.9 Å². The maximum atomic E-state index is 13.8. The average Bonchev–Trinajstić information content (AvgIpc) is 2.62. The predicted octanol–water partition coefficient (Wildman–Crippen LogP) is 0.971. The van der Waals surface area contributed by atoms with Crippen molar-refractivity contribution in [2.75, 3.05) is 44.2 Å². The number of ether oxygens (including phenoxy) is 1. The lowest BCUT2D eigenvalue weighted by Crippen LogP contribution is -3.16. The van der Waals surface area contributed by atoms with Gasteiger partial charge < -0.3 is 19.6 Å². The number of para-hydroxylation sites is 2. The number of rotatable bonds is 6. The molecule has 0 saturated carbocycles. The molecule has 0 radical (unpaired) electrons. The summed E-state index contributed by atoms with van der Waals surface area (Å²) in [7, 11) is 0. The summed E-state index contributed by atoms with van der Waals surface area (Å²) in [6, 6.07) is 16.4. The first-order valence-electron chi connectivity index (χ1n) is 8.41. The third-order valence-corrected chi connectivity index (χ3v) is 4.37. The smallest absolute Gasteiger partial charge is 0.146 e. The fourth-order valence-corrected chi connectivity index (χ4v) is 3.08. The lowest BCUT2D eigenvalue weighted by Gasteiger charge is -2.34. The number of piperazine rings is 1. The molecule has 2 aromatic rings. The van der Waals surface area contributed by atoms with Gasteiger partial charge in [0, 0.05) is 0 Å². The van der Waals surface area contributed by atoms with Crippen LogP contribution in [0.1, 0.15) is 0 Å². The van der Waals surface area contributed by atoms with Crippen molar-refractivity contribution in [2.24, 2.45) is 0 Å². The molecular weight excluding hydrogens is 307 g/mol. The molecule has 0 amide bonds. The number of benzene rings is 2. The van der Waals surface area contributed by atoms with E-state index in [1.165, 1.54) is 11.0 Å². The standard InChI is InChI=1S/C19H23FN2O2/c20-18-8-4-5-9-19(18)22-12-10-21(11-13-22)14-16(23)15-24-17-6-2-1-3-7-17/h1-9,16,23H,10-15H2/p+1/t16-/m1/s1. The molecule has 0 unspecified atom stereocenters. The topological polar surface area (TPSA) is 37.1 Å². The number of halogens is 1. The number of nitrogens with one attached hydrogen (secondary N) is 1. The Bertz CT molecular complexity index is 630. The Hall–Kier alpha value is -2.11. The molecule has 5 heteroatoms. The van der Waals surface area contributed by atoms with Crippen LogP contribution in [0.2, 0.25) is 0 Å². The zero-order valence-corrected chi connectivity index (χ0v) is 13.7. The van der Waals surface area contributed by atoms with Crippen LogP contribution in [0.3, 0.4) is 0 Å². The highest BCUT2D eigenvalue weighted by Crippen LogP contribution is 2.18. The number of hydrogen-bond donors (Lipinski definition) is 2. The minimum absolute atomic E-state index is 0.169. The Morgan fingerprint density at radius 1 is 1.04 bits per heavy atom. The number of aliphatic hydroxyl groups is 1. The summed E-state index contributed by atoms with van der Waals surface area (Å²) in [6.45, 7) is 4.31. The minimum atomic E-state index is -0.500. The van der Waals surface area contributed by atoms with Gasteiger partial charge in [-0.3, -0.25) is 0 Å². The summed E-state index contributed by atoms with van der Waals surface area (Å²) in [6.07, 6.45) is -0.500. The van der Waals surface area contributed by atoms with Gasteiger partial charge in [0.2, 0.25) is 0 Å². The SMILES string of the molecule is O[C@@H](COc1ccccc1)C[NH+]1CCN(c2ccccc2F)CC1. The summed E-state index contributed by atoms with van der Waals surface area (Å²) in [5.41, 5.74) is 0.671. The van der Waals surface area contributed by atoms with Gasteiger partial charge in [0.05, 0.1) is 31.9 Å². The van der Waals surface area contributed by atoms with E-state index >= 15 is 0 Å². The minimum Gasteiger partial charge on any atom is -0.491 e. The maximum Gasteiger partial charge on any atom is 0.146 e. The van der Waals surface area contributed by atoms with E-state index in [9.17, 15) is 9.50 Å². The molecule has 1 fully saturated rings. The number of nitrogens with zero attached hydrogens (tertiary/aromatic N) is 1. The molecule has 2 aromatic carbocycles. The molecule has 0 spiro atoms. The molecule has 3 rings (SSSR count). The van der Waals surface area contributed by atoms with E-state index in [0.29, 0.717) is 18.8 Å². The lowest BCUT2D eigenvalue weighted by molar-refractivity contribution is -0.903. The highest BCUT2D eigenvalue weighted by atomic mass is 19.1. The zero-order chi connectivity index (χ0) is 16.8. The van der Waals surface area contributed by atoms with Crippen molar-refractivity contribution in [3.05, 3.63) is 60.4 Å². The number of quaternary nitrogens is 1. The predicted molar refractivity (Wildman–Crippen MR) is 92.1 cm³/mol. The zero-order valence-electron chi connectivity index (χ0n) is 13.7. The fourth-order valence-electron chi connectivity index (χ4n) is 3.08. The Labute approximate surface area is 142 Å². The van der Waals surface area contributed by atoms with Crippen LogP contribution in [0, 0.1) is 5.82 Å². The molecule has 2 N–H and O–H groups in total. The van der Waals surface area contributed by atoms with Gasteiger partial charge in [-0.05, 0) is 24.3 Å². The van der Waals surface area contributed by atoms with Crippen molar-refractivity contribution in [3.63, 3.8) is 0 Å². The highest BCUT2D eigenvalue weighted by Gasteiger charge is 2.24. The third-order valence-electron chi connectivity index (χ3n) is 4.37. The second-order valence-corrected chi connectivity index (χ2v) is 6.17. The molecule has 0 aliphatic carbocycles.